The Morgan fingerprint density at radius 3 is 2.54 bits per heavy atom. The molecule has 0 heterocycles. The number of amides is 2. The van der Waals surface area contributed by atoms with Crippen molar-refractivity contribution in [3.8, 4) is 0 Å². The van der Waals surface area contributed by atoms with Crippen LogP contribution in [-0.4, -0.2) is 24.6 Å². The lowest BCUT2D eigenvalue weighted by Crippen LogP contribution is -2.34. The van der Waals surface area contributed by atoms with Crippen LogP contribution in [-0.2, 0) is 11.3 Å². The third kappa shape index (κ3) is 5.58. The summed E-state index contributed by atoms with van der Waals surface area (Å²) in [5, 5.41) is 5.99. The number of carbonyl (C=O) groups excluding carboxylic acids is 1. The van der Waals surface area contributed by atoms with Gasteiger partial charge in [0.1, 0.15) is 0 Å². The summed E-state index contributed by atoms with van der Waals surface area (Å²) in [6.45, 7) is 3.08. The fourth-order valence-corrected chi connectivity index (χ4v) is 2.98. The zero-order valence-corrected chi connectivity index (χ0v) is 14.9. The normalized spacial score (nSPS) is 11.8. The first-order valence-electron chi connectivity index (χ1n) is 8.01. The fraction of sp³-hybridized carbons (Fsp3) is 0.316. The molecule has 0 bridgehead atoms. The number of urea groups is 1. The molecule has 2 aromatic rings. The number of hydrogen-bond acceptors (Lipinski definition) is 3. The minimum atomic E-state index is -0.207. The number of ether oxygens (including phenoxy) is 1. The second-order valence-corrected chi connectivity index (χ2v) is 6.22. The Labute approximate surface area is 148 Å². The lowest BCUT2D eigenvalue weighted by atomic mass is 10.1. The molecule has 2 aromatic carbocycles. The summed E-state index contributed by atoms with van der Waals surface area (Å²) >= 11 is 1.70. The van der Waals surface area contributed by atoms with Crippen molar-refractivity contribution >= 4 is 23.5 Å². The van der Waals surface area contributed by atoms with Gasteiger partial charge in [0.05, 0.1) is 12.6 Å². The van der Waals surface area contributed by atoms with Gasteiger partial charge in [0, 0.05) is 23.6 Å². The van der Waals surface area contributed by atoms with Gasteiger partial charge in [-0.25, -0.2) is 4.79 Å². The third-order valence-corrected chi connectivity index (χ3v) is 4.23. The van der Waals surface area contributed by atoms with E-state index in [9.17, 15) is 4.79 Å². The van der Waals surface area contributed by atoms with Gasteiger partial charge in [0.25, 0.3) is 0 Å². The average molecular weight is 344 g/mol. The second-order valence-electron chi connectivity index (χ2n) is 5.31. The van der Waals surface area contributed by atoms with Gasteiger partial charge in [0.2, 0.25) is 0 Å². The van der Waals surface area contributed by atoms with E-state index >= 15 is 0 Å². The zero-order valence-electron chi connectivity index (χ0n) is 14.1. The van der Waals surface area contributed by atoms with E-state index in [1.807, 2.05) is 67.8 Å². The Bertz CT molecular complexity index is 634. The number of rotatable bonds is 8. The molecule has 0 saturated carbocycles. The standard InChI is InChI=1S/C19H24N2O2S/c1-3-23-13-16-11-7-8-12-17(16)20-19(22)21-18(14-24-2)15-9-5-4-6-10-15/h4-12,18H,3,13-14H2,1-2H3,(H2,20,21,22)/t18-/m0/s1. The molecule has 0 aliphatic heterocycles. The van der Waals surface area contributed by atoms with Gasteiger partial charge in [0.15, 0.2) is 0 Å². The van der Waals surface area contributed by atoms with Crippen LogP contribution in [0.15, 0.2) is 54.6 Å². The maximum Gasteiger partial charge on any atom is 0.319 e. The summed E-state index contributed by atoms with van der Waals surface area (Å²) in [6, 6.07) is 17.5. The topological polar surface area (TPSA) is 50.4 Å². The second kappa shape index (κ2) is 10.0. The summed E-state index contributed by atoms with van der Waals surface area (Å²) in [5.74, 6) is 0.817. The molecule has 0 radical (unpaired) electrons. The molecule has 0 saturated heterocycles. The summed E-state index contributed by atoms with van der Waals surface area (Å²) < 4.78 is 5.46. The van der Waals surface area contributed by atoms with Crippen molar-refractivity contribution in [3.63, 3.8) is 0 Å². The van der Waals surface area contributed by atoms with Crippen LogP contribution >= 0.6 is 11.8 Å². The van der Waals surface area contributed by atoms with E-state index in [0.717, 1.165) is 22.6 Å². The van der Waals surface area contributed by atoms with E-state index in [1.165, 1.54) is 0 Å². The lowest BCUT2D eigenvalue weighted by Gasteiger charge is -2.19. The SMILES string of the molecule is CCOCc1ccccc1NC(=O)N[C@@H](CSC)c1ccccc1. The molecular weight excluding hydrogens is 320 g/mol. The Morgan fingerprint density at radius 2 is 1.83 bits per heavy atom. The quantitative estimate of drug-likeness (QED) is 0.744. The van der Waals surface area contributed by atoms with Crippen LogP contribution in [0.5, 0.6) is 0 Å². The van der Waals surface area contributed by atoms with E-state index in [4.69, 9.17) is 4.74 Å². The van der Waals surface area contributed by atoms with Gasteiger partial charge in [-0.3, -0.25) is 0 Å². The minimum absolute atomic E-state index is 0.0275. The first kappa shape index (κ1) is 18.4. The van der Waals surface area contributed by atoms with Gasteiger partial charge in [-0.2, -0.15) is 11.8 Å². The molecule has 24 heavy (non-hydrogen) atoms. The molecule has 2 amide bonds. The molecule has 0 spiro atoms. The van der Waals surface area contributed by atoms with E-state index in [2.05, 4.69) is 10.6 Å². The monoisotopic (exact) mass is 344 g/mol. The van der Waals surface area contributed by atoms with Crippen molar-refractivity contribution in [1.29, 1.82) is 0 Å². The largest absolute Gasteiger partial charge is 0.377 e. The molecule has 128 valence electrons. The number of thioether (sulfide) groups is 1. The molecule has 2 rings (SSSR count). The van der Waals surface area contributed by atoms with E-state index in [-0.39, 0.29) is 12.1 Å². The number of nitrogens with one attached hydrogen (secondary N) is 2. The lowest BCUT2D eigenvalue weighted by molar-refractivity contribution is 0.134. The highest BCUT2D eigenvalue weighted by Gasteiger charge is 2.14. The smallest absolute Gasteiger partial charge is 0.319 e. The molecule has 2 N–H and O–H groups in total. The van der Waals surface area contributed by atoms with Crippen LogP contribution in [0.4, 0.5) is 10.5 Å². The predicted octanol–water partition coefficient (Wildman–Crippen LogP) is 4.45. The molecule has 0 unspecified atom stereocenters. The zero-order chi connectivity index (χ0) is 17.2. The van der Waals surface area contributed by atoms with Crippen molar-refractivity contribution in [2.24, 2.45) is 0 Å². The number of anilines is 1. The molecule has 1 atom stereocenters. The molecule has 0 aliphatic rings. The Kier molecular flexibility index (Phi) is 7.65. The Hall–Kier alpha value is -1.98. The highest BCUT2D eigenvalue weighted by Crippen LogP contribution is 2.19. The van der Waals surface area contributed by atoms with Crippen LogP contribution in [0.25, 0.3) is 0 Å². The molecular formula is C19H24N2O2S. The maximum atomic E-state index is 12.4. The third-order valence-electron chi connectivity index (χ3n) is 3.57. The number of para-hydroxylation sites is 1. The molecule has 4 nitrogen and oxygen atoms in total. The summed E-state index contributed by atoms with van der Waals surface area (Å²) in [4.78, 5) is 12.4. The summed E-state index contributed by atoms with van der Waals surface area (Å²) in [5.41, 5.74) is 2.85. The van der Waals surface area contributed by atoms with E-state index in [0.29, 0.717) is 13.2 Å². The van der Waals surface area contributed by atoms with Gasteiger partial charge in [-0.1, -0.05) is 48.5 Å². The van der Waals surface area contributed by atoms with Gasteiger partial charge in [-0.15, -0.1) is 0 Å². The highest BCUT2D eigenvalue weighted by molar-refractivity contribution is 7.98. The van der Waals surface area contributed by atoms with Crippen molar-refractivity contribution in [2.75, 3.05) is 23.9 Å². The Balaban J connectivity index is 2.03. The van der Waals surface area contributed by atoms with Gasteiger partial charge < -0.3 is 15.4 Å². The first-order valence-corrected chi connectivity index (χ1v) is 9.41. The van der Waals surface area contributed by atoms with E-state index in [1.54, 1.807) is 11.8 Å². The number of hydrogen-bond donors (Lipinski definition) is 2. The van der Waals surface area contributed by atoms with Crippen LogP contribution < -0.4 is 10.6 Å². The van der Waals surface area contributed by atoms with Crippen LogP contribution in [0.1, 0.15) is 24.1 Å². The van der Waals surface area contributed by atoms with Crippen LogP contribution in [0, 0.1) is 0 Å². The van der Waals surface area contributed by atoms with Gasteiger partial charge >= 0.3 is 6.03 Å². The summed E-state index contributed by atoms with van der Waals surface area (Å²) in [7, 11) is 0. The minimum Gasteiger partial charge on any atom is -0.377 e. The van der Waals surface area contributed by atoms with Crippen molar-refractivity contribution in [2.45, 2.75) is 19.6 Å². The van der Waals surface area contributed by atoms with Crippen LogP contribution in [0.2, 0.25) is 0 Å². The van der Waals surface area contributed by atoms with Crippen LogP contribution in [0.3, 0.4) is 0 Å². The predicted molar refractivity (Wildman–Crippen MR) is 101 cm³/mol. The number of carbonyl (C=O) groups is 1. The number of benzene rings is 2. The van der Waals surface area contributed by atoms with E-state index < -0.39 is 0 Å². The van der Waals surface area contributed by atoms with Gasteiger partial charge in [-0.05, 0) is 24.8 Å². The molecule has 5 heteroatoms. The molecule has 0 aromatic heterocycles. The average Bonchev–Trinajstić information content (AvgIpc) is 2.61. The molecule has 0 aliphatic carbocycles. The van der Waals surface area contributed by atoms with Crippen molar-refractivity contribution in [3.05, 3.63) is 65.7 Å². The highest BCUT2D eigenvalue weighted by atomic mass is 32.2. The van der Waals surface area contributed by atoms with Crippen molar-refractivity contribution < 1.29 is 9.53 Å². The maximum absolute atomic E-state index is 12.4. The fourth-order valence-electron chi connectivity index (χ4n) is 2.37. The first-order chi connectivity index (χ1) is 11.7. The van der Waals surface area contributed by atoms with Crippen molar-refractivity contribution in [1.82, 2.24) is 5.32 Å². The Morgan fingerprint density at radius 1 is 1.12 bits per heavy atom. The summed E-state index contributed by atoms with van der Waals surface area (Å²) in [6.07, 6.45) is 2.03. The molecule has 0 fully saturated rings.